The summed E-state index contributed by atoms with van der Waals surface area (Å²) >= 11 is 0. The van der Waals surface area contributed by atoms with E-state index in [1.807, 2.05) is 0 Å². The van der Waals surface area contributed by atoms with Gasteiger partial charge in [-0.2, -0.15) is 0 Å². The summed E-state index contributed by atoms with van der Waals surface area (Å²) in [6, 6.07) is 9.68. The molecule has 1 unspecified atom stereocenters. The third-order valence-electron chi connectivity index (χ3n) is 3.17. The summed E-state index contributed by atoms with van der Waals surface area (Å²) in [5.74, 6) is 0. The van der Waals surface area contributed by atoms with Crippen LogP contribution >= 0.6 is 0 Å². The smallest absolute Gasteiger partial charge is 0.264 e. The first-order valence-corrected chi connectivity index (χ1v) is 8.11. The van der Waals surface area contributed by atoms with Crippen LogP contribution in [0.25, 0.3) is 0 Å². The Morgan fingerprint density at radius 2 is 1.90 bits per heavy atom. The van der Waals surface area contributed by atoms with Crippen molar-refractivity contribution in [3.05, 3.63) is 54.4 Å². The topological polar surface area (TPSA) is 70.5 Å². The van der Waals surface area contributed by atoms with Crippen molar-refractivity contribution in [2.24, 2.45) is 0 Å². The summed E-state index contributed by atoms with van der Waals surface area (Å²) in [5.41, 5.74) is 1.14. The van der Waals surface area contributed by atoms with E-state index >= 15 is 0 Å². The normalized spacial score (nSPS) is 12.9. The fourth-order valence-electron chi connectivity index (χ4n) is 2.06. The van der Waals surface area contributed by atoms with Crippen molar-refractivity contribution in [1.82, 2.24) is 4.98 Å². The van der Waals surface area contributed by atoms with Crippen LogP contribution in [-0.4, -0.2) is 25.1 Å². The molecule has 0 saturated heterocycles. The van der Waals surface area contributed by atoms with Gasteiger partial charge in [0.25, 0.3) is 10.0 Å². The summed E-state index contributed by atoms with van der Waals surface area (Å²) < 4.78 is 26.8. The highest BCUT2D eigenvalue weighted by Gasteiger charge is 2.24. The molecule has 0 aliphatic carbocycles. The van der Waals surface area contributed by atoms with Gasteiger partial charge in [-0.05, 0) is 43.7 Å². The molecule has 0 aliphatic heterocycles. The number of rotatable bonds is 5. The maximum atomic E-state index is 12.8. The molecule has 21 heavy (non-hydrogen) atoms. The molecule has 5 nitrogen and oxygen atoms in total. The lowest BCUT2D eigenvalue weighted by Gasteiger charge is -2.23. The van der Waals surface area contributed by atoms with Crippen LogP contribution < -0.4 is 4.31 Å². The number of aromatic nitrogens is 1. The number of aliphatic hydroxyl groups excluding tert-OH is 1. The zero-order valence-electron chi connectivity index (χ0n) is 12.0. The Kier molecular flexibility index (Phi) is 4.59. The first-order chi connectivity index (χ1) is 9.96. The van der Waals surface area contributed by atoms with Gasteiger partial charge in [0.2, 0.25) is 0 Å². The average Bonchev–Trinajstić information content (AvgIpc) is 2.49. The van der Waals surface area contributed by atoms with Crippen LogP contribution in [0.2, 0.25) is 0 Å². The maximum Gasteiger partial charge on any atom is 0.264 e. The highest BCUT2D eigenvalue weighted by Crippen LogP contribution is 2.24. The molecular weight excluding hydrogens is 288 g/mol. The standard InChI is InChI=1S/C15H18N2O3S/c1-3-17(14-7-9-16-10-8-14)21(19,20)15-6-4-5-13(11-15)12(2)18/h4-12,18H,3H2,1-2H3. The quantitative estimate of drug-likeness (QED) is 0.920. The van der Waals surface area contributed by atoms with Gasteiger partial charge in [0.05, 0.1) is 16.7 Å². The Morgan fingerprint density at radius 3 is 2.48 bits per heavy atom. The Morgan fingerprint density at radius 1 is 1.24 bits per heavy atom. The Balaban J connectivity index is 2.47. The van der Waals surface area contributed by atoms with Gasteiger partial charge in [-0.15, -0.1) is 0 Å². The molecule has 0 bridgehead atoms. The number of hydrogen-bond donors (Lipinski definition) is 1. The first-order valence-electron chi connectivity index (χ1n) is 6.67. The molecule has 1 atom stereocenters. The van der Waals surface area contributed by atoms with Crippen LogP contribution in [0.15, 0.2) is 53.7 Å². The van der Waals surface area contributed by atoms with Gasteiger partial charge in [-0.3, -0.25) is 9.29 Å². The number of anilines is 1. The minimum atomic E-state index is -3.67. The molecule has 2 rings (SSSR count). The molecule has 0 fully saturated rings. The van der Waals surface area contributed by atoms with E-state index in [1.165, 1.54) is 16.4 Å². The summed E-state index contributed by atoms with van der Waals surface area (Å²) in [4.78, 5) is 4.07. The van der Waals surface area contributed by atoms with E-state index in [0.717, 1.165) is 0 Å². The monoisotopic (exact) mass is 306 g/mol. The summed E-state index contributed by atoms with van der Waals surface area (Å²) in [7, 11) is -3.67. The minimum Gasteiger partial charge on any atom is -0.389 e. The van der Waals surface area contributed by atoms with E-state index in [1.54, 1.807) is 50.5 Å². The minimum absolute atomic E-state index is 0.166. The Bertz CT molecular complexity index is 700. The van der Waals surface area contributed by atoms with Crippen molar-refractivity contribution in [2.75, 3.05) is 10.8 Å². The van der Waals surface area contributed by atoms with Crippen LogP contribution in [0, 0.1) is 0 Å². The summed E-state index contributed by atoms with van der Waals surface area (Å²) in [5, 5.41) is 9.61. The summed E-state index contributed by atoms with van der Waals surface area (Å²) in [6.07, 6.45) is 2.40. The molecule has 1 heterocycles. The van der Waals surface area contributed by atoms with Crippen LogP contribution in [-0.2, 0) is 10.0 Å². The van der Waals surface area contributed by atoms with Gasteiger partial charge < -0.3 is 5.11 Å². The molecule has 1 N–H and O–H groups in total. The Labute approximate surface area is 124 Å². The van der Waals surface area contributed by atoms with Crippen LogP contribution in [0.3, 0.4) is 0 Å². The van der Waals surface area contributed by atoms with Crippen LogP contribution in [0.5, 0.6) is 0 Å². The van der Waals surface area contributed by atoms with E-state index in [-0.39, 0.29) is 4.90 Å². The van der Waals surface area contributed by atoms with E-state index in [2.05, 4.69) is 4.98 Å². The van der Waals surface area contributed by atoms with E-state index in [4.69, 9.17) is 0 Å². The highest BCUT2D eigenvalue weighted by atomic mass is 32.2. The van der Waals surface area contributed by atoms with Gasteiger partial charge in [0.15, 0.2) is 0 Å². The molecule has 6 heteroatoms. The van der Waals surface area contributed by atoms with Gasteiger partial charge in [0, 0.05) is 18.9 Å². The second-order valence-corrected chi connectivity index (χ2v) is 6.49. The van der Waals surface area contributed by atoms with Gasteiger partial charge >= 0.3 is 0 Å². The van der Waals surface area contributed by atoms with Crippen LogP contribution in [0.1, 0.15) is 25.5 Å². The fourth-order valence-corrected chi connectivity index (χ4v) is 3.59. The van der Waals surface area contributed by atoms with Crippen molar-refractivity contribution in [3.8, 4) is 0 Å². The molecule has 0 amide bonds. The van der Waals surface area contributed by atoms with Crippen molar-refractivity contribution < 1.29 is 13.5 Å². The third-order valence-corrected chi connectivity index (χ3v) is 5.07. The first kappa shape index (κ1) is 15.5. The molecular formula is C15H18N2O3S. The van der Waals surface area contributed by atoms with Gasteiger partial charge in [0.1, 0.15) is 0 Å². The number of sulfonamides is 1. The largest absolute Gasteiger partial charge is 0.389 e. The number of benzene rings is 1. The van der Waals surface area contributed by atoms with E-state index in [9.17, 15) is 13.5 Å². The Hall–Kier alpha value is -1.92. The van der Waals surface area contributed by atoms with Gasteiger partial charge in [-0.25, -0.2) is 8.42 Å². The zero-order chi connectivity index (χ0) is 15.5. The number of aliphatic hydroxyl groups is 1. The van der Waals surface area contributed by atoms with Crippen molar-refractivity contribution in [2.45, 2.75) is 24.8 Å². The van der Waals surface area contributed by atoms with E-state index in [0.29, 0.717) is 17.8 Å². The molecule has 1 aromatic heterocycles. The molecule has 1 aromatic carbocycles. The lowest BCUT2D eigenvalue weighted by atomic mass is 10.1. The maximum absolute atomic E-state index is 12.8. The fraction of sp³-hybridized carbons (Fsp3) is 0.267. The van der Waals surface area contributed by atoms with Crippen molar-refractivity contribution in [3.63, 3.8) is 0 Å². The summed E-state index contributed by atoms with van der Waals surface area (Å²) in [6.45, 7) is 3.69. The lowest BCUT2D eigenvalue weighted by molar-refractivity contribution is 0.199. The molecule has 0 spiro atoms. The molecule has 0 saturated carbocycles. The third kappa shape index (κ3) is 3.22. The number of pyridine rings is 1. The predicted octanol–water partition coefficient (Wildman–Crippen LogP) is 2.35. The molecule has 0 radical (unpaired) electrons. The average molecular weight is 306 g/mol. The second-order valence-electron chi connectivity index (χ2n) is 4.62. The lowest BCUT2D eigenvalue weighted by Crippen LogP contribution is -2.30. The second kappa shape index (κ2) is 6.24. The number of hydrogen-bond acceptors (Lipinski definition) is 4. The zero-order valence-corrected chi connectivity index (χ0v) is 12.8. The van der Waals surface area contributed by atoms with Crippen molar-refractivity contribution in [1.29, 1.82) is 0 Å². The molecule has 112 valence electrons. The SMILES string of the molecule is CCN(c1ccncc1)S(=O)(=O)c1cccc(C(C)O)c1. The van der Waals surface area contributed by atoms with E-state index < -0.39 is 16.1 Å². The number of nitrogens with zero attached hydrogens (tertiary/aromatic N) is 2. The molecule has 2 aromatic rings. The molecule has 0 aliphatic rings. The van der Waals surface area contributed by atoms with Crippen LogP contribution in [0.4, 0.5) is 5.69 Å². The van der Waals surface area contributed by atoms with Crippen molar-refractivity contribution >= 4 is 15.7 Å². The predicted molar refractivity (Wildman–Crippen MR) is 81.5 cm³/mol. The van der Waals surface area contributed by atoms with Gasteiger partial charge in [-0.1, -0.05) is 12.1 Å². The highest BCUT2D eigenvalue weighted by molar-refractivity contribution is 7.92.